The monoisotopic (exact) mass is 204 g/mol. The molecule has 0 rings (SSSR count). The predicted octanol–water partition coefficient (Wildman–Crippen LogP) is -0.121. The molecule has 5 heteroatoms. The van der Waals surface area contributed by atoms with Crippen molar-refractivity contribution >= 4 is 15.5 Å². The van der Waals surface area contributed by atoms with Crippen molar-refractivity contribution in [3.63, 3.8) is 0 Å². The van der Waals surface area contributed by atoms with Crippen LogP contribution in [0.15, 0.2) is 12.7 Å². The Bertz CT molecular complexity index is 156. The van der Waals surface area contributed by atoms with Gasteiger partial charge in [-0.05, 0) is 6.04 Å². The summed E-state index contributed by atoms with van der Waals surface area (Å²) in [6.45, 7) is 3.30. The van der Waals surface area contributed by atoms with Crippen LogP contribution < -0.4 is 0 Å². The summed E-state index contributed by atoms with van der Waals surface area (Å²) >= 11 is 0. The zero-order chi connectivity index (χ0) is 10.1. The Morgan fingerprint density at radius 3 is 2.62 bits per heavy atom. The molecular formula is C8H16O4Si. The first kappa shape index (κ1) is 12.3. The second kappa shape index (κ2) is 7.97. The highest BCUT2D eigenvalue weighted by molar-refractivity contribution is 6.35. The highest BCUT2D eigenvalue weighted by atomic mass is 28.2. The van der Waals surface area contributed by atoms with Gasteiger partial charge in [-0.1, -0.05) is 6.58 Å². The van der Waals surface area contributed by atoms with Crippen LogP contribution in [0, 0.1) is 0 Å². The third-order valence-electron chi connectivity index (χ3n) is 1.52. The van der Waals surface area contributed by atoms with Crippen molar-refractivity contribution < 1.29 is 19.0 Å². The zero-order valence-corrected chi connectivity index (χ0v) is 9.53. The van der Waals surface area contributed by atoms with E-state index < -0.39 is 9.52 Å². The van der Waals surface area contributed by atoms with Gasteiger partial charge in [0, 0.05) is 20.3 Å². The summed E-state index contributed by atoms with van der Waals surface area (Å²) in [5, 5.41) is 0. The third-order valence-corrected chi connectivity index (χ3v) is 2.89. The molecule has 0 aliphatic carbocycles. The first-order valence-corrected chi connectivity index (χ1v) is 6.09. The molecule has 0 N–H and O–H groups in total. The number of ether oxygens (including phenoxy) is 3. The van der Waals surface area contributed by atoms with Gasteiger partial charge in [0.1, 0.15) is 0 Å². The van der Waals surface area contributed by atoms with Gasteiger partial charge < -0.3 is 14.2 Å². The summed E-state index contributed by atoms with van der Waals surface area (Å²) in [7, 11) is 2.74. The fourth-order valence-corrected chi connectivity index (χ4v) is 2.13. The molecule has 0 unspecified atom stereocenters. The maximum atomic E-state index is 10.6. The average Bonchev–Trinajstić information content (AvgIpc) is 2.18. The van der Waals surface area contributed by atoms with Gasteiger partial charge in [0.15, 0.2) is 6.29 Å². The standard InChI is InChI=1S/C8H16O4Si/c1-4-7(9)12-6-13-5-8(10-2)11-3/h4,8H,1,5-6,13H2,2-3H3. The van der Waals surface area contributed by atoms with Crippen molar-refractivity contribution in [1.29, 1.82) is 0 Å². The SMILES string of the molecule is C=CC(=O)OC[SiH2]CC(OC)OC. The van der Waals surface area contributed by atoms with Gasteiger partial charge in [-0.25, -0.2) is 4.79 Å². The lowest BCUT2D eigenvalue weighted by Gasteiger charge is -2.11. The molecule has 0 aliphatic heterocycles. The van der Waals surface area contributed by atoms with Crippen LogP contribution in [-0.4, -0.2) is 42.2 Å². The van der Waals surface area contributed by atoms with Crippen LogP contribution in [0.2, 0.25) is 6.04 Å². The molecule has 76 valence electrons. The Kier molecular flexibility index (Phi) is 7.57. The van der Waals surface area contributed by atoms with Crippen LogP contribution >= 0.6 is 0 Å². The van der Waals surface area contributed by atoms with Gasteiger partial charge in [0.2, 0.25) is 0 Å². The van der Waals surface area contributed by atoms with E-state index in [1.165, 1.54) is 6.08 Å². The number of hydrogen-bond acceptors (Lipinski definition) is 4. The highest BCUT2D eigenvalue weighted by Crippen LogP contribution is 1.97. The second-order valence-electron chi connectivity index (χ2n) is 2.41. The van der Waals surface area contributed by atoms with E-state index in [4.69, 9.17) is 14.2 Å². The van der Waals surface area contributed by atoms with E-state index >= 15 is 0 Å². The van der Waals surface area contributed by atoms with Crippen molar-refractivity contribution in [3.05, 3.63) is 12.7 Å². The lowest BCUT2D eigenvalue weighted by molar-refractivity contribution is -0.136. The van der Waals surface area contributed by atoms with Gasteiger partial charge in [0.25, 0.3) is 0 Å². The molecular weight excluding hydrogens is 188 g/mol. The molecule has 13 heavy (non-hydrogen) atoms. The third kappa shape index (κ3) is 6.50. The van der Waals surface area contributed by atoms with E-state index in [1.807, 2.05) is 0 Å². The predicted molar refractivity (Wildman–Crippen MR) is 52.3 cm³/mol. The van der Waals surface area contributed by atoms with Gasteiger partial charge in [-0.3, -0.25) is 0 Å². The molecule has 0 aromatic carbocycles. The smallest absolute Gasteiger partial charge is 0.329 e. The van der Waals surface area contributed by atoms with E-state index in [1.54, 1.807) is 14.2 Å². The normalized spacial score (nSPS) is 11.0. The van der Waals surface area contributed by atoms with Crippen LogP contribution in [0.4, 0.5) is 0 Å². The molecule has 0 aliphatic rings. The van der Waals surface area contributed by atoms with E-state index in [2.05, 4.69) is 6.58 Å². The quantitative estimate of drug-likeness (QED) is 0.191. The van der Waals surface area contributed by atoms with Crippen LogP contribution in [0.5, 0.6) is 0 Å². The minimum Gasteiger partial charge on any atom is -0.467 e. The van der Waals surface area contributed by atoms with E-state index in [9.17, 15) is 4.79 Å². The maximum absolute atomic E-state index is 10.6. The first-order valence-electron chi connectivity index (χ1n) is 4.09. The van der Waals surface area contributed by atoms with Gasteiger partial charge in [-0.2, -0.15) is 0 Å². The molecule has 0 saturated carbocycles. The summed E-state index contributed by atoms with van der Waals surface area (Å²) in [6.07, 6.45) is 1.51. The molecule has 0 heterocycles. The Labute approximate surface area is 80.7 Å². The van der Waals surface area contributed by atoms with Gasteiger partial charge >= 0.3 is 5.97 Å². The molecule has 0 radical (unpaired) electrons. The Morgan fingerprint density at radius 2 is 2.15 bits per heavy atom. The minimum absolute atomic E-state index is 0.158. The van der Waals surface area contributed by atoms with Crippen molar-refractivity contribution in [2.75, 3.05) is 20.4 Å². The number of carbonyl (C=O) groups is 1. The van der Waals surface area contributed by atoms with Crippen LogP contribution in [0.25, 0.3) is 0 Å². The molecule has 0 fully saturated rings. The summed E-state index contributed by atoms with van der Waals surface area (Å²) < 4.78 is 14.8. The maximum Gasteiger partial charge on any atom is 0.329 e. The lowest BCUT2D eigenvalue weighted by Crippen LogP contribution is -2.18. The Hall–Kier alpha value is -0.653. The van der Waals surface area contributed by atoms with Crippen molar-refractivity contribution in [2.24, 2.45) is 0 Å². The topological polar surface area (TPSA) is 44.8 Å². The number of methoxy groups -OCH3 is 2. The number of hydrogen-bond donors (Lipinski definition) is 0. The summed E-state index contributed by atoms with van der Waals surface area (Å²) in [5.41, 5.74) is 0. The summed E-state index contributed by atoms with van der Waals surface area (Å²) in [4.78, 5) is 10.6. The molecule has 0 saturated heterocycles. The van der Waals surface area contributed by atoms with Crippen molar-refractivity contribution in [1.82, 2.24) is 0 Å². The summed E-state index contributed by atoms with van der Waals surface area (Å²) in [5.74, 6) is -0.362. The summed E-state index contributed by atoms with van der Waals surface area (Å²) in [6, 6.07) is 0.845. The highest BCUT2D eigenvalue weighted by Gasteiger charge is 2.05. The zero-order valence-electron chi connectivity index (χ0n) is 8.12. The molecule has 0 bridgehead atoms. The average molecular weight is 204 g/mol. The number of rotatable bonds is 7. The van der Waals surface area contributed by atoms with Crippen LogP contribution in [-0.2, 0) is 19.0 Å². The minimum atomic E-state index is -0.451. The molecule has 0 atom stereocenters. The Balaban J connectivity index is 3.33. The lowest BCUT2D eigenvalue weighted by atomic mass is 10.7. The second-order valence-corrected chi connectivity index (χ2v) is 4.11. The number of carbonyl (C=O) groups excluding carboxylic acids is 1. The molecule has 0 spiro atoms. The fourth-order valence-electron chi connectivity index (χ4n) is 0.814. The van der Waals surface area contributed by atoms with Gasteiger partial charge in [0.05, 0.1) is 15.7 Å². The first-order chi connectivity index (χ1) is 6.24. The molecule has 0 amide bonds. The van der Waals surface area contributed by atoms with E-state index in [-0.39, 0.29) is 12.3 Å². The number of esters is 1. The Morgan fingerprint density at radius 1 is 1.54 bits per heavy atom. The van der Waals surface area contributed by atoms with Crippen molar-refractivity contribution in [3.8, 4) is 0 Å². The van der Waals surface area contributed by atoms with Crippen LogP contribution in [0.1, 0.15) is 0 Å². The molecule has 4 nitrogen and oxygen atoms in total. The van der Waals surface area contributed by atoms with Crippen molar-refractivity contribution in [2.45, 2.75) is 12.3 Å². The van der Waals surface area contributed by atoms with E-state index in [0.717, 1.165) is 6.04 Å². The van der Waals surface area contributed by atoms with Gasteiger partial charge in [-0.15, -0.1) is 0 Å². The molecule has 0 aromatic rings. The van der Waals surface area contributed by atoms with E-state index in [0.29, 0.717) is 6.23 Å². The molecule has 0 aromatic heterocycles. The van der Waals surface area contributed by atoms with Crippen LogP contribution in [0.3, 0.4) is 0 Å². The fraction of sp³-hybridized carbons (Fsp3) is 0.625. The largest absolute Gasteiger partial charge is 0.467 e.